The minimum atomic E-state index is 1.00. The third-order valence-electron chi connectivity index (χ3n) is 2.14. The van der Waals surface area contributed by atoms with Gasteiger partial charge >= 0.3 is 0 Å². The Hall–Kier alpha value is -1.31. The van der Waals surface area contributed by atoms with Crippen LogP contribution in [0.3, 0.4) is 0 Å². The van der Waals surface area contributed by atoms with Crippen molar-refractivity contribution < 1.29 is 0 Å². The normalized spacial score (nSPS) is 10.8. The van der Waals surface area contributed by atoms with Crippen LogP contribution in [0.5, 0.6) is 0 Å². The average Bonchev–Trinajstić information content (AvgIpc) is 2.44. The predicted octanol–water partition coefficient (Wildman–Crippen LogP) is 2.21. The number of hydrogen-bond donors (Lipinski definition) is 0. The highest BCUT2D eigenvalue weighted by Gasteiger charge is 2.03. The van der Waals surface area contributed by atoms with Gasteiger partial charge in [-0.25, -0.2) is 4.98 Å². The number of hydrogen-bond acceptors (Lipinski definition) is 1. The summed E-state index contributed by atoms with van der Waals surface area (Å²) >= 11 is 0. The number of imidazole rings is 1. The smallest absolute Gasteiger partial charge is 0.110 e. The molecule has 0 aliphatic rings. The maximum atomic E-state index is 4.47. The molecule has 0 unspecified atom stereocenters. The summed E-state index contributed by atoms with van der Waals surface area (Å²) in [6, 6.07) is 6.19. The van der Waals surface area contributed by atoms with Gasteiger partial charge in [-0.3, -0.25) is 0 Å². The first-order valence-electron chi connectivity index (χ1n) is 4.25. The van der Waals surface area contributed by atoms with Crippen molar-refractivity contribution in [2.75, 3.05) is 0 Å². The van der Waals surface area contributed by atoms with Gasteiger partial charge in [-0.15, -0.1) is 0 Å². The van der Waals surface area contributed by atoms with Gasteiger partial charge in [0.1, 0.15) is 5.82 Å². The van der Waals surface area contributed by atoms with Crippen molar-refractivity contribution in [2.24, 2.45) is 0 Å². The highest BCUT2D eigenvalue weighted by Crippen LogP contribution is 2.12. The van der Waals surface area contributed by atoms with E-state index in [2.05, 4.69) is 34.6 Å². The van der Waals surface area contributed by atoms with Crippen molar-refractivity contribution in [3.05, 3.63) is 35.9 Å². The lowest BCUT2D eigenvalue weighted by Gasteiger charge is -1.93. The molecule has 0 saturated heterocycles. The molecule has 2 heteroatoms. The molecule has 0 aliphatic heterocycles. The summed E-state index contributed by atoms with van der Waals surface area (Å²) in [6.45, 7) is 4.17. The lowest BCUT2D eigenvalue weighted by atomic mass is 10.3. The van der Waals surface area contributed by atoms with Gasteiger partial charge in [0.15, 0.2) is 0 Å². The van der Waals surface area contributed by atoms with Crippen molar-refractivity contribution >= 4 is 5.52 Å². The van der Waals surface area contributed by atoms with E-state index in [1.54, 1.807) is 0 Å². The molecule has 2 aromatic heterocycles. The highest BCUT2D eigenvalue weighted by molar-refractivity contribution is 5.52. The van der Waals surface area contributed by atoms with Crippen LogP contribution < -0.4 is 0 Å². The van der Waals surface area contributed by atoms with Crippen LogP contribution in [0.15, 0.2) is 24.4 Å². The lowest BCUT2D eigenvalue weighted by Crippen LogP contribution is -1.84. The minimum Gasteiger partial charge on any atom is -0.304 e. The maximum absolute atomic E-state index is 4.47. The summed E-state index contributed by atoms with van der Waals surface area (Å²) in [7, 11) is 0. The van der Waals surface area contributed by atoms with Crippen LogP contribution in [0.25, 0.3) is 5.52 Å². The van der Waals surface area contributed by atoms with Gasteiger partial charge in [0.05, 0.1) is 11.2 Å². The Bertz CT molecular complexity index is 401. The number of rotatable bonds is 1. The van der Waals surface area contributed by atoms with E-state index < -0.39 is 0 Å². The van der Waals surface area contributed by atoms with Gasteiger partial charge in [0.25, 0.3) is 0 Å². The zero-order valence-electron chi connectivity index (χ0n) is 7.41. The molecule has 2 rings (SSSR count). The number of pyridine rings is 1. The molecule has 0 aliphatic carbocycles. The van der Waals surface area contributed by atoms with E-state index in [1.165, 1.54) is 11.2 Å². The third kappa shape index (κ3) is 0.916. The molecule has 0 saturated carbocycles. The quantitative estimate of drug-likeness (QED) is 0.625. The summed E-state index contributed by atoms with van der Waals surface area (Å²) < 4.78 is 2.12. The molecule has 0 fully saturated rings. The van der Waals surface area contributed by atoms with Crippen LogP contribution in [0, 0.1) is 6.92 Å². The van der Waals surface area contributed by atoms with Crippen LogP contribution in [0.4, 0.5) is 0 Å². The summed E-state index contributed by atoms with van der Waals surface area (Å²) in [4.78, 5) is 4.47. The van der Waals surface area contributed by atoms with E-state index in [0.29, 0.717) is 0 Å². The summed E-state index contributed by atoms with van der Waals surface area (Å²) in [5, 5.41) is 0. The van der Waals surface area contributed by atoms with Crippen molar-refractivity contribution in [3.63, 3.8) is 0 Å². The maximum Gasteiger partial charge on any atom is 0.110 e. The molecule has 62 valence electrons. The molecular weight excluding hydrogens is 148 g/mol. The first-order chi connectivity index (χ1) is 5.83. The molecular formula is C10H12N2. The van der Waals surface area contributed by atoms with E-state index in [0.717, 1.165) is 12.2 Å². The number of aryl methyl sites for hydroxylation is 2. The SMILES string of the molecule is CCc1nc(C)n2ccccc12. The van der Waals surface area contributed by atoms with Crippen LogP contribution in [-0.2, 0) is 6.42 Å². The Labute approximate surface area is 71.9 Å². The molecule has 0 aromatic carbocycles. The van der Waals surface area contributed by atoms with Crippen molar-refractivity contribution in [1.82, 2.24) is 9.38 Å². The molecule has 0 N–H and O–H groups in total. The van der Waals surface area contributed by atoms with Gasteiger partial charge in [0, 0.05) is 6.20 Å². The van der Waals surface area contributed by atoms with E-state index in [9.17, 15) is 0 Å². The molecule has 2 aromatic rings. The van der Waals surface area contributed by atoms with E-state index in [-0.39, 0.29) is 0 Å². The highest BCUT2D eigenvalue weighted by atomic mass is 15.0. The largest absolute Gasteiger partial charge is 0.304 e. The van der Waals surface area contributed by atoms with E-state index >= 15 is 0 Å². The Morgan fingerprint density at radius 1 is 1.42 bits per heavy atom. The van der Waals surface area contributed by atoms with Gasteiger partial charge in [0.2, 0.25) is 0 Å². The van der Waals surface area contributed by atoms with Crippen LogP contribution in [0.1, 0.15) is 18.4 Å². The Balaban J connectivity index is 2.82. The van der Waals surface area contributed by atoms with E-state index in [1.807, 2.05) is 13.0 Å². The number of fused-ring (bicyclic) bond motifs is 1. The fourth-order valence-corrected chi connectivity index (χ4v) is 1.53. The van der Waals surface area contributed by atoms with Gasteiger partial charge in [-0.05, 0) is 25.5 Å². The fraction of sp³-hybridized carbons (Fsp3) is 0.300. The molecule has 0 spiro atoms. The molecule has 0 bridgehead atoms. The second-order valence-electron chi connectivity index (χ2n) is 2.92. The first kappa shape index (κ1) is 7.35. The zero-order valence-corrected chi connectivity index (χ0v) is 7.41. The van der Waals surface area contributed by atoms with Crippen molar-refractivity contribution in [2.45, 2.75) is 20.3 Å². The summed E-state index contributed by atoms with van der Waals surface area (Å²) in [5.41, 5.74) is 2.42. The standard InChI is InChI=1S/C10H12N2/c1-3-9-10-6-4-5-7-12(10)8(2)11-9/h4-7H,3H2,1-2H3. The Kier molecular flexibility index (Phi) is 1.61. The Morgan fingerprint density at radius 2 is 2.25 bits per heavy atom. The third-order valence-corrected chi connectivity index (χ3v) is 2.14. The molecule has 2 nitrogen and oxygen atoms in total. The second-order valence-corrected chi connectivity index (χ2v) is 2.92. The number of aromatic nitrogens is 2. The van der Waals surface area contributed by atoms with E-state index in [4.69, 9.17) is 0 Å². The summed E-state index contributed by atoms with van der Waals surface area (Å²) in [6.07, 6.45) is 3.05. The molecule has 2 heterocycles. The topological polar surface area (TPSA) is 17.3 Å². The first-order valence-corrected chi connectivity index (χ1v) is 4.25. The van der Waals surface area contributed by atoms with Crippen molar-refractivity contribution in [3.8, 4) is 0 Å². The van der Waals surface area contributed by atoms with Crippen LogP contribution in [0.2, 0.25) is 0 Å². The molecule has 0 atom stereocenters. The van der Waals surface area contributed by atoms with Crippen LogP contribution >= 0.6 is 0 Å². The predicted molar refractivity (Wildman–Crippen MR) is 49.3 cm³/mol. The van der Waals surface area contributed by atoms with Gasteiger partial charge in [-0.1, -0.05) is 13.0 Å². The zero-order chi connectivity index (χ0) is 8.55. The molecule has 12 heavy (non-hydrogen) atoms. The summed E-state index contributed by atoms with van der Waals surface area (Å²) in [5.74, 6) is 1.07. The number of nitrogens with zero attached hydrogens (tertiary/aromatic N) is 2. The average molecular weight is 160 g/mol. The monoisotopic (exact) mass is 160 g/mol. The molecule has 0 radical (unpaired) electrons. The molecule has 0 amide bonds. The lowest BCUT2D eigenvalue weighted by molar-refractivity contribution is 1.01. The minimum absolute atomic E-state index is 1.00. The van der Waals surface area contributed by atoms with Crippen LogP contribution in [-0.4, -0.2) is 9.38 Å². The fourth-order valence-electron chi connectivity index (χ4n) is 1.53. The van der Waals surface area contributed by atoms with Crippen molar-refractivity contribution in [1.29, 1.82) is 0 Å². The second kappa shape index (κ2) is 2.63. The van der Waals surface area contributed by atoms with Gasteiger partial charge < -0.3 is 4.40 Å². The van der Waals surface area contributed by atoms with Gasteiger partial charge in [-0.2, -0.15) is 0 Å². The Morgan fingerprint density at radius 3 is 3.00 bits per heavy atom.